The molecule has 1 aliphatic heterocycles. The minimum absolute atomic E-state index is 0.172. The van der Waals surface area contributed by atoms with Crippen LogP contribution in [-0.2, 0) is 29.7 Å². The van der Waals surface area contributed by atoms with E-state index >= 15 is 0 Å². The van der Waals surface area contributed by atoms with E-state index in [1.807, 2.05) is 0 Å². The first-order chi connectivity index (χ1) is 6.43. The van der Waals surface area contributed by atoms with Crippen LogP contribution < -0.4 is 0 Å². The number of carbonyl (C=O) groups excluding carboxylic acids is 1. The second kappa shape index (κ2) is 6.97. The molecule has 1 heterocycles. The Labute approximate surface area is 117 Å². The van der Waals surface area contributed by atoms with Crippen LogP contribution in [0.5, 0.6) is 0 Å². The van der Waals surface area contributed by atoms with Crippen molar-refractivity contribution in [1.82, 2.24) is 4.90 Å². The van der Waals surface area contributed by atoms with E-state index in [-0.39, 0.29) is 5.91 Å². The van der Waals surface area contributed by atoms with Crippen LogP contribution >= 0.6 is 43.1 Å². The maximum atomic E-state index is 11.1. The summed E-state index contributed by atoms with van der Waals surface area (Å²) in [4.78, 5) is 12.2. The summed E-state index contributed by atoms with van der Waals surface area (Å²) in [5, 5.41) is 9.37. The molecule has 0 aromatic rings. The van der Waals surface area contributed by atoms with E-state index in [9.17, 15) is 9.90 Å². The van der Waals surface area contributed by atoms with Gasteiger partial charge in [0.05, 0.1) is 0 Å². The Morgan fingerprint density at radius 3 is 2.21 bits per heavy atom. The summed E-state index contributed by atoms with van der Waals surface area (Å²) in [6.07, 6.45) is -0.216. The number of alkyl halides is 3. The van der Waals surface area contributed by atoms with Gasteiger partial charge in [-0.25, -0.2) is 0 Å². The molecule has 0 aromatic carbocycles. The molecular weight excluding hydrogens is 460 g/mol. The Balaban J connectivity index is 0.000000791. The molecule has 1 rings (SSSR count). The van der Waals surface area contributed by atoms with Crippen LogP contribution in [0.4, 0.5) is 0 Å². The third-order valence-corrected chi connectivity index (χ3v) is 2.28. The van der Waals surface area contributed by atoms with Gasteiger partial charge in [0, 0.05) is 13.0 Å². The minimum atomic E-state index is -1.82. The molecule has 1 unspecified atom stereocenters. The second-order valence-corrected chi connectivity index (χ2v) is 4.97. The number of aliphatic hydroxyl groups excluding tert-OH is 1. The molecule has 8 heteroatoms. The first kappa shape index (κ1) is 15.5. The van der Waals surface area contributed by atoms with Crippen LogP contribution in [0.15, 0.2) is 0 Å². The third kappa shape index (κ3) is 4.58. The molecule has 0 spiro atoms. The van der Waals surface area contributed by atoms with Crippen LogP contribution in [0.3, 0.4) is 0 Å². The van der Waals surface area contributed by atoms with E-state index in [0.717, 1.165) is 0 Å². The zero-order valence-corrected chi connectivity index (χ0v) is 15.7. The van der Waals surface area contributed by atoms with Crippen molar-refractivity contribution in [2.24, 2.45) is 0 Å². The van der Waals surface area contributed by atoms with E-state index in [1.165, 1.54) is 4.90 Å². The number of halogens is 4. The molecule has 0 aliphatic carbocycles. The summed E-state index contributed by atoms with van der Waals surface area (Å²) in [6.45, 7) is 0.452. The molecule has 1 fully saturated rings. The number of hydrogen-bond acceptors (Lipinski definition) is 2. The molecule has 0 bridgehead atoms. The van der Waals surface area contributed by atoms with Crippen molar-refractivity contribution in [3.05, 3.63) is 0 Å². The van der Waals surface area contributed by atoms with Gasteiger partial charge in [-0.3, -0.25) is 4.79 Å². The monoisotopic (exact) mass is 468 g/mol. The molecule has 0 aromatic heterocycles. The van der Waals surface area contributed by atoms with Gasteiger partial charge in [0.15, 0.2) is 6.23 Å². The van der Waals surface area contributed by atoms with Crippen molar-refractivity contribution in [1.29, 1.82) is 0 Å². The molecule has 0 radical (unpaired) electrons. The summed E-state index contributed by atoms with van der Waals surface area (Å²) >= 11 is 16.7. The van der Waals surface area contributed by atoms with Crippen molar-refractivity contribution in [3.8, 4) is 0 Å². The van der Waals surface area contributed by atoms with Crippen molar-refractivity contribution in [2.45, 2.75) is 22.9 Å². The molecule has 1 amide bonds. The molecule has 1 atom stereocenters. The molecule has 79 valence electrons. The first-order valence-corrected chi connectivity index (χ1v) is 11.6. The Morgan fingerprint density at radius 2 is 1.93 bits per heavy atom. The zero-order valence-electron chi connectivity index (χ0n) is 7.22. The van der Waals surface area contributed by atoms with Crippen LogP contribution in [0.2, 0.25) is 0 Å². The molecule has 0 saturated carbocycles. The SMILES string of the molecule is O=C1CCCN1C(O)C(Cl)(Cl)Cl.[Cl][Hg]. The fraction of sp³-hybridized carbons (Fsp3) is 0.833. The van der Waals surface area contributed by atoms with Crippen LogP contribution in [0.1, 0.15) is 12.8 Å². The number of aliphatic hydroxyl groups is 1. The number of rotatable bonds is 1. The van der Waals surface area contributed by atoms with Crippen LogP contribution in [0.25, 0.3) is 0 Å². The number of carbonyl (C=O) groups is 1. The van der Waals surface area contributed by atoms with Gasteiger partial charge in [-0.1, -0.05) is 34.8 Å². The van der Waals surface area contributed by atoms with E-state index in [4.69, 9.17) is 43.1 Å². The standard InChI is InChI=1S/C6H8Cl3NO2.ClH.Hg/c7-6(8,9)5(12)10-3-1-2-4(10)11;;/h5,12H,1-3H2;1H;/q;;+1/p-1. The number of hydrogen-bond donors (Lipinski definition) is 1. The average Bonchev–Trinajstić information content (AvgIpc) is 2.52. The summed E-state index contributed by atoms with van der Waals surface area (Å²) in [5.74, 6) is -0.172. The van der Waals surface area contributed by atoms with E-state index in [2.05, 4.69) is 0 Å². The number of likely N-dealkylation sites (tertiary alicyclic amines) is 1. The van der Waals surface area contributed by atoms with E-state index < -0.39 is 10.0 Å². The van der Waals surface area contributed by atoms with E-state index in [0.29, 0.717) is 44.3 Å². The second-order valence-electron chi connectivity index (χ2n) is 2.61. The maximum absolute atomic E-state index is 11.1. The van der Waals surface area contributed by atoms with Gasteiger partial charge in [0.1, 0.15) is 0 Å². The van der Waals surface area contributed by atoms with Gasteiger partial charge in [0.2, 0.25) is 9.70 Å². The number of nitrogens with zero attached hydrogens (tertiary/aromatic N) is 1. The molecule has 1 aliphatic rings. The fourth-order valence-corrected chi connectivity index (χ4v) is 1.46. The fourth-order valence-electron chi connectivity index (χ4n) is 1.10. The van der Waals surface area contributed by atoms with E-state index in [1.54, 1.807) is 0 Å². The van der Waals surface area contributed by atoms with Gasteiger partial charge >= 0.3 is 33.1 Å². The third-order valence-electron chi connectivity index (χ3n) is 1.70. The topological polar surface area (TPSA) is 40.5 Å². The molecular formula is C6H8Cl4HgNO2. The molecule has 3 nitrogen and oxygen atoms in total. The predicted molar refractivity (Wildman–Crippen MR) is 53.1 cm³/mol. The summed E-state index contributed by atoms with van der Waals surface area (Å²) in [5.41, 5.74) is 0. The van der Waals surface area contributed by atoms with Gasteiger partial charge in [0.25, 0.3) is 0 Å². The van der Waals surface area contributed by atoms with Crippen LogP contribution in [0, 0.1) is 0 Å². The van der Waals surface area contributed by atoms with Crippen molar-refractivity contribution >= 4 is 49.0 Å². The summed E-state index contributed by atoms with van der Waals surface area (Å²) in [6, 6.07) is 0. The average molecular weight is 469 g/mol. The van der Waals surface area contributed by atoms with Crippen LogP contribution in [-0.4, -0.2) is 32.5 Å². The summed E-state index contributed by atoms with van der Waals surface area (Å²) in [7, 11) is 4.83. The van der Waals surface area contributed by atoms with Gasteiger partial charge in [-0.15, -0.1) is 0 Å². The van der Waals surface area contributed by atoms with Crippen molar-refractivity contribution in [3.63, 3.8) is 0 Å². The normalized spacial score (nSPS) is 19.1. The van der Waals surface area contributed by atoms with Gasteiger partial charge in [-0.2, -0.15) is 0 Å². The quantitative estimate of drug-likeness (QED) is 0.473. The Kier molecular flexibility index (Phi) is 7.73. The molecule has 1 N–H and O–H groups in total. The molecule has 14 heavy (non-hydrogen) atoms. The van der Waals surface area contributed by atoms with Gasteiger partial charge in [-0.05, 0) is 6.42 Å². The number of amides is 1. The van der Waals surface area contributed by atoms with Crippen molar-refractivity contribution < 1.29 is 34.8 Å². The Bertz CT molecular complexity index is 199. The Morgan fingerprint density at radius 1 is 1.43 bits per heavy atom. The Hall–Kier alpha value is 1.53. The molecule has 1 saturated heterocycles. The predicted octanol–water partition coefficient (Wildman–Crippen LogP) is 1.98. The van der Waals surface area contributed by atoms with Crippen molar-refractivity contribution in [2.75, 3.05) is 6.54 Å². The summed E-state index contributed by atoms with van der Waals surface area (Å²) < 4.78 is -1.82. The van der Waals surface area contributed by atoms with Gasteiger partial charge < -0.3 is 10.0 Å². The first-order valence-electron chi connectivity index (χ1n) is 3.74. The zero-order chi connectivity index (χ0) is 11.4.